The van der Waals surface area contributed by atoms with Crippen LogP contribution in [0.5, 0.6) is 0 Å². The minimum absolute atomic E-state index is 0.0152. The molecular formula is C18H17FN2O3. The fourth-order valence-corrected chi connectivity index (χ4v) is 3.01. The summed E-state index contributed by atoms with van der Waals surface area (Å²) in [4.78, 5) is 24.7. The Morgan fingerprint density at radius 1 is 1.25 bits per heavy atom. The zero-order chi connectivity index (χ0) is 17.1. The summed E-state index contributed by atoms with van der Waals surface area (Å²) in [6, 6.07) is 10.8. The average molecular weight is 328 g/mol. The Kier molecular flexibility index (Phi) is 4.55. The van der Waals surface area contributed by atoms with Crippen molar-refractivity contribution in [1.29, 1.82) is 0 Å². The molecule has 0 N–H and O–H groups in total. The van der Waals surface area contributed by atoms with Crippen molar-refractivity contribution in [3.05, 3.63) is 69.5 Å². The maximum atomic E-state index is 13.2. The molecule has 0 saturated carbocycles. The van der Waals surface area contributed by atoms with Crippen LogP contribution in [0.3, 0.4) is 0 Å². The van der Waals surface area contributed by atoms with Gasteiger partial charge in [0.15, 0.2) is 0 Å². The van der Waals surface area contributed by atoms with E-state index in [0.717, 1.165) is 24.0 Å². The summed E-state index contributed by atoms with van der Waals surface area (Å²) in [5, 5.41) is 11.0. The molecule has 0 atom stereocenters. The first-order chi connectivity index (χ1) is 11.5. The number of non-ortho nitro benzene ring substituents is 1. The van der Waals surface area contributed by atoms with Crippen LogP contribution >= 0.6 is 0 Å². The summed E-state index contributed by atoms with van der Waals surface area (Å²) in [7, 11) is 0. The van der Waals surface area contributed by atoms with E-state index in [4.69, 9.17) is 0 Å². The van der Waals surface area contributed by atoms with Gasteiger partial charge in [0.05, 0.1) is 10.6 Å². The van der Waals surface area contributed by atoms with E-state index in [2.05, 4.69) is 0 Å². The van der Waals surface area contributed by atoms with Crippen molar-refractivity contribution in [1.82, 2.24) is 0 Å². The molecule has 6 heteroatoms. The number of benzene rings is 2. The molecular weight excluding hydrogens is 311 g/mol. The van der Waals surface area contributed by atoms with Gasteiger partial charge in [-0.2, -0.15) is 0 Å². The predicted octanol–water partition coefficient (Wildman–Crippen LogP) is 3.65. The van der Waals surface area contributed by atoms with Crippen LogP contribution in [0.25, 0.3) is 0 Å². The van der Waals surface area contributed by atoms with Crippen LogP contribution in [-0.2, 0) is 17.6 Å². The van der Waals surface area contributed by atoms with E-state index in [9.17, 15) is 19.3 Å². The normalized spacial score (nSPS) is 13.5. The third-order valence-electron chi connectivity index (χ3n) is 4.22. The molecule has 0 fully saturated rings. The van der Waals surface area contributed by atoms with E-state index < -0.39 is 4.92 Å². The van der Waals surface area contributed by atoms with Gasteiger partial charge in [0.2, 0.25) is 5.91 Å². The summed E-state index contributed by atoms with van der Waals surface area (Å²) in [6.07, 6.45) is 2.32. The molecule has 0 aromatic heterocycles. The van der Waals surface area contributed by atoms with Crippen LogP contribution in [0.2, 0.25) is 0 Å². The zero-order valence-corrected chi connectivity index (χ0v) is 13.1. The third-order valence-corrected chi connectivity index (χ3v) is 4.22. The largest absolute Gasteiger partial charge is 0.312 e. The number of halogens is 1. The Bertz CT molecular complexity index is 792. The number of nitrogens with zero attached hydrogens (tertiary/aromatic N) is 2. The Balaban J connectivity index is 1.76. The SMILES string of the molecule is O=C(CCc1cccc(F)c1)N1CCCc2ccc([N+](=O)[O-])cc21. The number of fused-ring (bicyclic) bond motifs is 1. The fourth-order valence-electron chi connectivity index (χ4n) is 3.01. The highest BCUT2D eigenvalue weighted by molar-refractivity contribution is 5.95. The number of amides is 1. The molecule has 0 saturated heterocycles. The number of aryl methyl sites for hydroxylation is 2. The maximum absolute atomic E-state index is 13.2. The van der Waals surface area contributed by atoms with Crippen molar-refractivity contribution in [2.45, 2.75) is 25.7 Å². The van der Waals surface area contributed by atoms with Gasteiger partial charge in [-0.05, 0) is 42.5 Å². The molecule has 0 radical (unpaired) electrons. The number of rotatable bonds is 4. The summed E-state index contributed by atoms with van der Waals surface area (Å²) in [5.41, 5.74) is 2.32. The summed E-state index contributed by atoms with van der Waals surface area (Å²) < 4.78 is 13.2. The first kappa shape index (κ1) is 16.1. The molecule has 2 aromatic carbocycles. The van der Waals surface area contributed by atoms with Gasteiger partial charge in [-0.1, -0.05) is 18.2 Å². The van der Waals surface area contributed by atoms with Gasteiger partial charge in [0, 0.05) is 25.1 Å². The predicted molar refractivity (Wildman–Crippen MR) is 88.5 cm³/mol. The zero-order valence-electron chi connectivity index (χ0n) is 13.1. The Hall–Kier alpha value is -2.76. The van der Waals surface area contributed by atoms with Crippen LogP contribution in [0.4, 0.5) is 15.8 Å². The van der Waals surface area contributed by atoms with Crippen molar-refractivity contribution < 1.29 is 14.1 Å². The minimum Gasteiger partial charge on any atom is -0.312 e. The van der Waals surface area contributed by atoms with Gasteiger partial charge in [-0.25, -0.2) is 4.39 Å². The first-order valence-electron chi connectivity index (χ1n) is 7.87. The number of carbonyl (C=O) groups is 1. The van der Waals surface area contributed by atoms with Crippen LogP contribution in [0, 0.1) is 15.9 Å². The first-order valence-corrected chi connectivity index (χ1v) is 7.87. The second kappa shape index (κ2) is 6.78. The van der Waals surface area contributed by atoms with E-state index in [1.807, 2.05) is 0 Å². The lowest BCUT2D eigenvalue weighted by atomic mass is 10.00. The Morgan fingerprint density at radius 2 is 2.08 bits per heavy atom. The van der Waals surface area contributed by atoms with Crippen LogP contribution < -0.4 is 4.90 Å². The topological polar surface area (TPSA) is 63.5 Å². The molecule has 0 aliphatic carbocycles. The number of nitro groups is 1. The average Bonchev–Trinajstić information content (AvgIpc) is 2.58. The molecule has 0 bridgehead atoms. The van der Waals surface area contributed by atoms with Crippen LogP contribution in [-0.4, -0.2) is 17.4 Å². The van der Waals surface area contributed by atoms with E-state index in [1.165, 1.54) is 24.3 Å². The van der Waals surface area contributed by atoms with E-state index >= 15 is 0 Å². The summed E-state index contributed by atoms with van der Waals surface area (Å²) >= 11 is 0. The Morgan fingerprint density at radius 3 is 2.83 bits per heavy atom. The van der Waals surface area contributed by atoms with Gasteiger partial charge in [0.1, 0.15) is 5.82 Å². The highest BCUT2D eigenvalue weighted by Crippen LogP contribution is 2.31. The second-order valence-corrected chi connectivity index (χ2v) is 5.85. The lowest BCUT2D eigenvalue weighted by Crippen LogP contribution is -2.35. The number of hydrogen-bond donors (Lipinski definition) is 0. The molecule has 1 heterocycles. The quantitative estimate of drug-likeness (QED) is 0.636. The fraction of sp³-hybridized carbons (Fsp3) is 0.278. The number of nitro benzene ring substituents is 1. The van der Waals surface area contributed by atoms with Crippen molar-refractivity contribution in [2.75, 3.05) is 11.4 Å². The summed E-state index contributed by atoms with van der Waals surface area (Å²) in [6.45, 7) is 0.552. The highest BCUT2D eigenvalue weighted by atomic mass is 19.1. The van der Waals surface area contributed by atoms with E-state index in [1.54, 1.807) is 23.1 Å². The van der Waals surface area contributed by atoms with Crippen LogP contribution in [0.15, 0.2) is 42.5 Å². The molecule has 1 amide bonds. The number of carbonyl (C=O) groups excluding carboxylic acids is 1. The molecule has 5 nitrogen and oxygen atoms in total. The van der Waals surface area contributed by atoms with Crippen molar-refractivity contribution in [2.24, 2.45) is 0 Å². The molecule has 0 spiro atoms. The summed E-state index contributed by atoms with van der Waals surface area (Å²) in [5.74, 6) is -0.417. The molecule has 1 aliphatic rings. The van der Waals surface area contributed by atoms with Crippen molar-refractivity contribution in [3.8, 4) is 0 Å². The maximum Gasteiger partial charge on any atom is 0.271 e. The van der Waals surface area contributed by atoms with E-state index in [0.29, 0.717) is 18.7 Å². The molecule has 0 unspecified atom stereocenters. The third kappa shape index (κ3) is 3.42. The lowest BCUT2D eigenvalue weighted by molar-refractivity contribution is -0.384. The molecule has 24 heavy (non-hydrogen) atoms. The van der Waals surface area contributed by atoms with Gasteiger partial charge in [-0.3, -0.25) is 14.9 Å². The number of hydrogen-bond acceptors (Lipinski definition) is 3. The van der Waals surface area contributed by atoms with E-state index in [-0.39, 0.29) is 23.8 Å². The van der Waals surface area contributed by atoms with Gasteiger partial charge in [0.25, 0.3) is 5.69 Å². The van der Waals surface area contributed by atoms with Crippen LogP contribution in [0.1, 0.15) is 24.0 Å². The van der Waals surface area contributed by atoms with Gasteiger partial charge < -0.3 is 4.90 Å². The second-order valence-electron chi connectivity index (χ2n) is 5.85. The number of anilines is 1. The highest BCUT2D eigenvalue weighted by Gasteiger charge is 2.24. The minimum atomic E-state index is -0.454. The lowest BCUT2D eigenvalue weighted by Gasteiger charge is -2.29. The van der Waals surface area contributed by atoms with Crippen molar-refractivity contribution in [3.63, 3.8) is 0 Å². The molecule has 1 aliphatic heterocycles. The molecule has 124 valence electrons. The molecule has 2 aromatic rings. The van der Waals surface area contributed by atoms with Gasteiger partial charge >= 0.3 is 0 Å². The van der Waals surface area contributed by atoms with Crippen molar-refractivity contribution >= 4 is 17.3 Å². The monoisotopic (exact) mass is 328 g/mol. The standard InChI is InChI=1S/C18H17FN2O3/c19-15-5-1-3-13(11-15)6-9-18(22)20-10-2-4-14-7-8-16(21(23)24)12-17(14)20/h1,3,5,7-8,11-12H,2,4,6,9-10H2. The smallest absolute Gasteiger partial charge is 0.271 e. The van der Waals surface area contributed by atoms with Gasteiger partial charge in [-0.15, -0.1) is 0 Å². The molecule has 3 rings (SSSR count). The Labute approximate surface area is 138 Å².